The second kappa shape index (κ2) is 4.73. The summed E-state index contributed by atoms with van der Waals surface area (Å²) >= 11 is 5.24. The van der Waals surface area contributed by atoms with E-state index in [1.165, 1.54) is 6.08 Å². The van der Waals surface area contributed by atoms with E-state index >= 15 is 0 Å². The highest BCUT2D eigenvalue weighted by Crippen LogP contribution is 2.24. The van der Waals surface area contributed by atoms with Crippen molar-refractivity contribution < 1.29 is 9.59 Å². The molecule has 0 aliphatic carbocycles. The first kappa shape index (κ1) is 11.4. The van der Waals surface area contributed by atoms with Crippen molar-refractivity contribution in [3.05, 3.63) is 28.8 Å². The van der Waals surface area contributed by atoms with Gasteiger partial charge in [-0.2, -0.15) is 4.99 Å². The molecule has 0 unspecified atom stereocenters. The van der Waals surface area contributed by atoms with Crippen LogP contribution in [0, 0.1) is 13.8 Å². The number of rotatable bonds is 2. The largest absolute Gasteiger partial charge is 0.268 e. The van der Waals surface area contributed by atoms with Gasteiger partial charge in [0.2, 0.25) is 6.08 Å². The van der Waals surface area contributed by atoms with Crippen LogP contribution in [0.4, 0.5) is 5.69 Å². The van der Waals surface area contributed by atoms with Crippen LogP contribution in [0.1, 0.15) is 21.5 Å². The minimum Gasteiger partial charge on any atom is -0.268 e. The van der Waals surface area contributed by atoms with E-state index in [4.69, 9.17) is 11.8 Å². The van der Waals surface area contributed by atoms with E-state index in [1.54, 1.807) is 19.1 Å². The van der Waals surface area contributed by atoms with Crippen molar-refractivity contribution in [3.8, 4) is 0 Å². The quantitative estimate of drug-likeness (QED) is 0.475. The number of carbonyl (C=O) groups excluding carboxylic acids is 2. The minimum absolute atomic E-state index is 0.270. The van der Waals surface area contributed by atoms with Crippen LogP contribution in [-0.4, -0.2) is 12.0 Å². The molecule has 0 spiro atoms. The van der Waals surface area contributed by atoms with Crippen LogP contribution >= 0.6 is 11.8 Å². The lowest BCUT2D eigenvalue weighted by molar-refractivity contribution is 0.0982. The van der Waals surface area contributed by atoms with Gasteiger partial charge in [-0.25, -0.2) is 4.79 Å². The zero-order chi connectivity index (χ0) is 11.4. The number of aliphatic imine (C=N–C) groups is 1. The molecule has 5 heteroatoms. The molecule has 1 N–H and O–H groups in total. The Morgan fingerprint density at radius 3 is 2.67 bits per heavy atom. The van der Waals surface area contributed by atoms with Gasteiger partial charge in [0.25, 0.3) is 5.91 Å². The van der Waals surface area contributed by atoms with Crippen molar-refractivity contribution in [2.45, 2.75) is 13.8 Å². The predicted molar refractivity (Wildman–Crippen MR) is 57.0 cm³/mol. The Balaban J connectivity index is 3.47. The molecule has 0 aromatic heterocycles. The molecule has 78 valence electrons. The van der Waals surface area contributed by atoms with Crippen molar-refractivity contribution in [2.24, 2.45) is 4.99 Å². The van der Waals surface area contributed by atoms with Gasteiger partial charge in [-0.05, 0) is 31.0 Å². The van der Waals surface area contributed by atoms with Crippen molar-refractivity contribution in [2.75, 3.05) is 0 Å². The number of hydrogen-bond donors (Lipinski definition) is 1. The van der Waals surface area contributed by atoms with E-state index in [2.05, 4.69) is 4.99 Å². The van der Waals surface area contributed by atoms with Crippen LogP contribution < -0.4 is 4.84 Å². The van der Waals surface area contributed by atoms with E-state index < -0.39 is 5.91 Å². The molecule has 0 bridgehead atoms. The van der Waals surface area contributed by atoms with Gasteiger partial charge >= 0.3 is 0 Å². The Bertz CT molecular complexity index is 451. The summed E-state index contributed by atoms with van der Waals surface area (Å²) < 4.78 is 0. The zero-order valence-corrected chi connectivity index (χ0v) is 9.05. The SMILES string of the molecule is Cc1ccc(N=C=O)c(C(=O)NCl)c1C. The molecular weight excluding hydrogens is 216 g/mol. The normalized spacial score (nSPS) is 9.27. The van der Waals surface area contributed by atoms with E-state index in [0.29, 0.717) is 5.56 Å². The summed E-state index contributed by atoms with van der Waals surface area (Å²) in [5.41, 5.74) is 2.24. The Morgan fingerprint density at radius 2 is 2.13 bits per heavy atom. The molecule has 0 saturated carbocycles. The number of nitrogens with zero attached hydrogens (tertiary/aromatic N) is 1. The molecule has 1 aromatic rings. The standard InChI is InChI=1S/C10H9ClN2O2/c1-6-3-4-8(12-5-14)9(7(6)2)10(15)13-11/h3-4H,1-2H3,(H,13,15). The Hall–Kier alpha value is -1.64. The average molecular weight is 225 g/mol. The topological polar surface area (TPSA) is 58.5 Å². The summed E-state index contributed by atoms with van der Waals surface area (Å²) in [6, 6.07) is 3.35. The lowest BCUT2D eigenvalue weighted by Gasteiger charge is -2.08. The zero-order valence-electron chi connectivity index (χ0n) is 8.30. The number of halogens is 1. The van der Waals surface area contributed by atoms with Crippen molar-refractivity contribution in [1.82, 2.24) is 4.84 Å². The fourth-order valence-electron chi connectivity index (χ4n) is 1.28. The molecule has 4 nitrogen and oxygen atoms in total. The maximum Gasteiger partial charge on any atom is 0.268 e. The van der Waals surface area contributed by atoms with Gasteiger partial charge in [0, 0.05) is 11.8 Å². The smallest absolute Gasteiger partial charge is 0.268 e. The lowest BCUT2D eigenvalue weighted by Crippen LogP contribution is -2.14. The Labute approximate surface area is 92.1 Å². The van der Waals surface area contributed by atoms with Crippen molar-refractivity contribution in [1.29, 1.82) is 0 Å². The summed E-state index contributed by atoms with van der Waals surface area (Å²) in [6.07, 6.45) is 1.40. The second-order valence-electron chi connectivity index (χ2n) is 3.03. The van der Waals surface area contributed by atoms with Gasteiger partial charge < -0.3 is 0 Å². The number of hydrogen-bond acceptors (Lipinski definition) is 3. The van der Waals surface area contributed by atoms with Gasteiger partial charge in [0.1, 0.15) is 0 Å². The van der Waals surface area contributed by atoms with Crippen LogP contribution in [-0.2, 0) is 4.79 Å². The van der Waals surface area contributed by atoms with E-state index in [-0.39, 0.29) is 5.69 Å². The number of nitrogens with one attached hydrogen (secondary N) is 1. The number of isocyanates is 1. The fraction of sp³-hybridized carbons (Fsp3) is 0.200. The molecule has 1 aromatic carbocycles. The van der Waals surface area contributed by atoms with Crippen molar-refractivity contribution >= 4 is 29.5 Å². The van der Waals surface area contributed by atoms with E-state index in [1.807, 2.05) is 11.8 Å². The molecule has 1 rings (SSSR count). The molecule has 0 heterocycles. The molecule has 1 amide bonds. The highest BCUT2D eigenvalue weighted by atomic mass is 35.5. The van der Waals surface area contributed by atoms with Gasteiger partial charge in [0.05, 0.1) is 11.3 Å². The molecule has 0 fully saturated rings. The first-order valence-electron chi connectivity index (χ1n) is 4.21. The predicted octanol–water partition coefficient (Wildman–Crippen LogP) is 2.15. The summed E-state index contributed by atoms with van der Waals surface area (Å²) in [5, 5.41) is 0. The molecule has 0 atom stereocenters. The van der Waals surface area contributed by atoms with Gasteiger partial charge in [-0.3, -0.25) is 9.63 Å². The second-order valence-corrected chi connectivity index (χ2v) is 3.22. The molecule has 0 aliphatic rings. The lowest BCUT2D eigenvalue weighted by atomic mass is 10.0. The fourth-order valence-corrected chi connectivity index (χ4v) is 1.37. The maximum atomic E-state index is 11.4. The Morgan fingerprint density at radius 1 is 1.47 bits per heavy atom. The number of carbonyl (C=O) groups is 1. The summed E-state index contributed by atoms with van der Waals surface area (Å²) in [7, 11) is 0. The summed E-state index contributed by atoms with van der Waals surface area (Å²) in [4.78, 5) is 27.1. The first-order chi connectivity index (χ1) is 7.11. The third-order valence-corrected chi connectivity index (χ3v) is 2.36. The first-order valence-corrected chi connectivity index (χ1v) is 4.58. The maximum absolute atomic E-state index is 11.4. The monoisotopic (exact) mass is 224 g/mol. The highest BCUT2D eigenvalue weighted by molar-refractivity contribution is 6.25. The number of amides is 1. The van der Waals surface area contributed by atoms with Crippen molar-refractivity contribution in [3.63, 3.8) is 0 Å². The molecular formula is C10H9ClN2O2. The van der Waals surface area contributed by atoms with Gasteiger partial charge in [-0.15, -0.1) is 0 Å². The summed E-state index contributed by atoms with van der Waals surface area (Å²) in [6.45, 7) is 3.62. The van der Waals surface area contributed by atoms with Crippen LogP contribution in [0.3, 0.4) is 0 Å². The van der Waals surface area contributed by atoms with E-state index in [0.717, 1.165) is 11.1 Å². The number of aryl methyl sites for hydroxylation is 1. The average Bonchev–Trinajstić information content (AvgIpc) is 2.23. The van der Waals surface area contributed by atoms with Crippen LogP contribution in [0.25, 0.3) is 0 Å². The van der Waals surface area contributed by atoms with E-state index in [9.17, 15) is 9.59 Å². The number of benzene rings is 1. The van der Waals surface area contributed by atoms with Crippen LogP contribution in [0.15, 0.2) is 17.1 Å². The molecule has 0 aliphatic heterocycles. The summed E-state index contributed by atoms with van der Waals surface area (Å²) in [5.74, 6) is -0.480. The van der Waals surface area contributed by atoms with Gasteiger partial charge in [0.15, 0.2) is 0 Å². The third kappa shape index (κ3) is 2.24. The molecule has 0 radical (unpaired) electrons. The minimum atomic E-state index is -0.480. The molecule has 15 heavy (non-hydrogen) atoms. The van der Waals surface area contributed by atoms with Crippen LogP contribution in [0.5, 0.6) is 0 Å². The highest BCUT2D eigenvalue weighted by Gasteiger charge is 2.14. The Kier molecular flexibility index (Phi) is 3.61. The van der Waals surface area contributed by atoms with Crippen LogP contribution in [0.2, 0.25) is 0 Å². The van der Waals surface area contributed by atoms with Gasteiger partial charge in [-0.1, -0.05) is 6.07 Å². The third-order valence-electron chi connectivity index (χ3n) is 2.19. The molecule has 0 saturated heterocycles.